The van der Waals surface area contributed by atoms with E-state index >= 15 is 0 Å². The van der Waals surface area contributed by atoms with E-state index in [1.807, 2.05) is 0 Å². The zero-order chi connectivity index (χ0) is 18.9. The van der Waals surface area contributed by atoms with Crippen LogP contribution in [0.5, 0.6) is 0 Å². The zero-order valence-electron chi connectivity index (χ0n) is 15.5. The van der Waals surface area contributed by atoms with Gasteiger partial charge in [-0.05, 0) is 48.8 Å². The van der Waals surface area contributed by atoms with Crippen molar-refractivity contribution in [2.45, 2.75) is 71.5 Å². The Balaban J connectivity index is 4.48. The lowest BCUT2D eigenvalue weighted by molar-refractivity contribution is -0.144. The topological polar surface area (TPSA) is 52.6 Å². The van der Waals surface area contributed by atoms with Crippen LogP contribution in [0.1, 0.15) is 59.3 Å². The first-order valence-electron chi connectivity index (χ1n) is 8.64. The van der Waals surface area contributed by atoms with Gasteiger partial charge in [-0.3, -0.25) is 9.59 Å². The second kappa shape index (κ2) is 15.1. The molecular formula is C21H28O4. The molecule has 0 amide bonds. The molecular weight excluding hydrogens is 316 g/mol. The molecule has 0 N–H and O–H groups in total. The molecule has 0 saturated heterocycles. The van der Waals surface area contributed by atoms with Crippen molar-refractivity contribution in [3.63, 3.8) is 0 Å². The summed E-state index contributed by atoms with van der Waals surface area (Å²) in [6.45, 7) is 8.42. The molecule has 0 aliphatic heterocycles. The minimum atomic E-state index is -0.660. The highest BCUT2D eigenvalue weighted by atomic mass is 16.5. The van der Waals surface area contributed by atoms with Crippen LogP contribution < -0.4 is 0 Å². The third kappa shape index (κ3) is 14.8. The van der Waals surface area contributed by atoms with Crippen LogP contribution in [0.2, 0.25) is 0 Å². The normalized spacial score (nSPS) is 12.1. The number of hydrogen-bond acceptors (Lipinski definition) is 4. The molecule has 0 aliphatic carbocycles. The third-order valence-electron chi connectivity index (χ3n) is 3.16. The SMILES string of the molecule is C=C[C@@H](C#CC#C/C=C\[C@@H](CCCCCCC)OC(C)=O)OC(C)=O. The minimum Gasteiger partial charge on any atom is -0.458 e. The molecule has 0 spiro atoms. The van der Waals surface area contributed by atoms with E-state index in [1.54, 1.807) is 12.2 Å². The maximum atomic E-state index is 11.2. The maximum absolute atomic E-state index is 11.2. The number of rotatable bonds is 10. The smallest absolute Gasteiger partial charge is 0.304 e. The van der Waals surface area contributed by atoms with Crippen LogP contribution in [0, 0.1) is 23.7 Å². The molecule has 0 bridgehead atoms. The van der Waals surface area contributed by atoms with Gasteiger partial charge in [-0.15, -0.1) is 0 Å². The van der Waals surface area contributed by atoms with Crippen molar-refractivity contribution in [1.82, 2.24) is 0 Å². The van der Waals surface area contributed by atoms with Crippen molar-refractivity contribution < 1.29 is 19.1 Å². The van der Waals surface area contributed by atoms with Crippen molar-refractivity contribution in [2.24, 2.45) is 0 Å². The Hall–Kier alpha value is -2.46. The number of esters is 2. The highest BCUT2D eigenvalue weighted by Gasteiger charge is 2.07. The van der Waals surface area contributed by atoms with E-state index in [4.69, 9.17) is 9.47 Å². The average molecular weight is 344 g/mol. The first kappa shape index (κ1) is 22.5. The molecule has 0 aromatic rings. The number of unbranched alkanes of at least 4 members (excludes halogenated alkanes) is 4. The fourth-order valence-corrected chi connectivity index (χ4v) is 2.01. The fraction of sp³-hybridized carbons (Fsp3) is 0.524. The Labute approximate surface area is 151 Å². The molecule has 0 heterocycles. The van der Waals surface area contributed by atoms with Gasteiger partial charge in [0.2, 0.25) is 0 Å². The summed E-state index contributed by atoms with van der Waals surface area (Å²) in [5.41, 5.74) is 0. The molecule has 0 fully saturated rings. The van der Waals surface area contributed by atoms with Gasteiger partial charge in [-0.2, -0.15) is 0 Å². The van der Waals surface area contributed by atoms with E-state index in [1.165, 1.54) is 39.2 Å². The summed E-state index contributed by atoms with van der Waals surface area (Å²) >= 11 is 0. The van der Waals surface area contributed by atoms with Gasteiger partial charge in [-0.1, -0.05) is 45.1 Å². The van der Waals surface area contributed by atoms with Crippen molar-refractivity contribution in [3.8, 4) is 23.7 Å². The lowest BCUT2D eigenvalue weighted by Crippen LogP contribution is -2.13. The molecule has 0 radical (unpaired) electrons. The summed E-state index contributed by atoms with van der Waals surface area (Å²) in [7, 11) is 0. The van der Waals surface area contributed by atoms with Gasteiger partial charge in [0.25, 0.3) is 0 Å². The predicted octanol–water partition coefficient (Wildman–Crippen LogP) is 3.96. The Morgan fingerprint density at radius 3 is 2.32 bits per heavy atom. The van der Waals surface area contributed by atoms with Crippen LogP contribution in [0.3, 0.4) is 0 Å². The first-order valence-corrected chi connectivity index (χ1v) is 8.64. The monoisotopic (exact) mass is 344 g/mol. The van der Waals surface area contributed by atoms with E-state index in [-0.39, 0.29) is 12.1 Å². The van der Waals surface area contributed by atoms with Gasteiger partial charge >= 0.3 is 11.9 Å². The van der Waals surface area contributed by atoms with E-state index in [2.05, 4.69) is 37.2 Å². The molecule has 25 heavy (non-hydrogen) atoms. The number of carbonyl (C=O) groups is 2. The fourth-order valence-electron chi connectivity index (χ4n) is 2.01. The molecule has 0 rings (SSSR count). The van der Waals surface area contributed by atoms with Gasteiger partial charge in [0, 0.05) is 13.8 Å². The number of ether oxygens (including phenoxy) is 2. The molecule has 0 unspecified atom stereocenters. The lowest BCUT2D eigenvalue weighted by Gasteiger charge is -2.12. The molecule has 0 aliphatic rings. The summed E-state index contributed by atoms with van der Waals surface area (Å²) in [5.74, 6) is 9.96. The third-order valence-corrected chi connectivity index (χ3v) is 3.16. The highest BCUT2D eigenvalue weighted by molar-refractivity contribution is 5.67. The molecule has 4 heteroatoms. The maximum Gasteiger partial charge on any atom is 0.304 e. The summed E-state index contributed by atoms with van der Waals surface area (Å²) in [4.78, 5) is 22.0. The molecule has 0 aromatic carbocycles. The van der Waals surface area contributed by atoms with Gasteiger partial charge in [-0.25, -0.2) is 0 Å². The van der Waals surface area contributed by atoms with Crippen molar-refractivity contribution in [2.75, 3.05) is 0 Å². The van der Waals surface area contributed by atoms with Crippen molar-refractivity contribution in [3.05, 3.63) is 24.8 Å². The van der Waals surface area contributed by atoms with E-state index in [9.17, 15) is 9.59 Å². The van der Waals surface area contributed by atoms with Crippen LogP contribution in [-0.2, 0) is 19.1 Å². The molecule has 136 valence electrons. The summed E-state index contributed by atoms with van der Waals surface area (Å²) in [5, 5.41) is 0. The van der Waals surface area contributed by atoms with Crippen LogP contribution in [0.15, 0.2) is 24.8 Å². The Bertz CT molecular complexity index is 566. The molecule has 4 nitrogen and oxygen atoms in total. The van der Waals surface area contributed by atoms with Gasteiger partial charge < -0.3 is 9.47 Å². The lowest BCUT2D eigenvalue weighted by atomic mass is 10.1. The Morgan fingerprint density at radius 1 is 1.04 bits per heavy atom. The standard InChI is InChI=1S/C21H28O4/c1-5-7-8-9-13-16-21(25-19(4)23)17-14-11-10-12-15-20(6-2)24-18(3)22/h6,14,17,20-21H,2,5,7-9,13,16H2,1,3-4H3/b17-14-/t20-,21+/m0/s1. The number of allylic oxidation sites excluding steroid dienone is 1. The molecule has 0 saturated carbocycles. The van der Waals surface area contributed by atoms with Gasteiger partial charge in [0.05, 0.1) is 0 Å². The minimum absolute atomic E-state index is 0.261. The molecule has 2 atom stereocenters. The number of carbonyl (C=O) groups excluding carboxylic acids is 2. The van der Waals surface area contributed by atoms with Gasteiger partial charge in [0.15, 0.2) is 6.10 Å². The Kier molecular flexibility index (Phi) is 13.6. The van der Waals surface area contributed by atoms with Crippen LogP contribution in [0.25, 0.3) is 0 Å². The quantitative estimate of drug-likeness (QED) is 0.260. The van der Waals surface area contributed by atoms with E-state index in [0.717, 1.165) is 19.3 Å². The predicted molar refractivity (Wildman–Crippen MR) is 99.4 cm³/mol. The number of hydrogen-bond donors (Lipinski definition) is 0. The first-order chi connectivity index (χ1) is 12.0. The van der Waals surface area contributed by atoms with Crippen molar-refractivity contribution >= 4 is 11.9 Å². The van der Waals surface area contributed by atoms with Gasteiger partial charge in [0.1, 0.15) is 6.10 Å². The molecule has 0 aromatic heterocycles. The summed E-state index contributed by atoms with van der Waals surface area (Å²) < 4.78 is 10.1. The van der Waals surface area contributed by atoms with Crippen molar-refractivity contribution in [1.29, 1.82) is 0 Å². The summed E-state index contributed by atoms with van der Waals surface area (Å²) in [6, 6.07) is 0. The second-order valence-corrected chi connectivity index (χ2v) is 5.51. The highest BCUT2D eigenvalue weighted by Crippen LogP contribution is 2.10. The summed E-state index contributed by atoms with van der Waals surface area (Å²) in [6.07, 6.45) is 10.5. The van der Waals surface area contributed by atoms with E-state index in [0.29, 0.717) is 0 Å². The van der Waals surface area contributed by atoms with Crippen LogP contribution >= 0.6 is 0 Å². The Morgan fingerprint density at radius 2 is 1.72 bits per heavy atom. The van der Waals surface area contributed by atoms with E-state index < -0.39 is 12.1 Å². The second-order valence-electron chi connectivity index (χ2n) is 5.51. The van der Waals surface area contributed by atoms with Crippen LogP contribution in [0.4, 0.5) is 0 Å². The van der Waals surface area contributed by atoms with Crippen LogP contribution in [-0.4, -0.2) is 24.1 Å². The zero-order valence-corrected chi connectivity index (χ0v) is 15.5. The average Bonchev–Trinajstić information content (AvgIpc) is 2.55. The largest absolute Gasteiger partial charge is 0.458 e.